The minimum absolute atomic E-state index is 0.0617. The average Bonchev–Trinajstić information content (AvgIpc) is 3.54. The van der Waals surface area contributed by atoms with Crippen LogP contribution in [0.2, 0.25) is 0 Å². The summed E-state index contributed by atoms with van der Waals surface area (Å²) in [5.74, 6) is 1.41. The smallest absolute Gasteiger partial charge is 0.407 e. The van der Waals surface area contributed by atoms with Crippen LogP contribution in [0.5, 0.6) is 0 Å². The molecule has 38 heavy (non-hydrogen) atoms. The first-order chi connectivity index (χ1) is 18.2. The highest BCUT2D eigenvalue weighted by Crippen LogP contribution is 2.33. The molecule has 1 N–H and O–H groups in total. The molecule has 1 aliphatic heterocycles. The third-order valence-electron chi connectivity index (χ3n) is 6.66. The Hall–Kier alpha value is -4.80. The number of carbonyl (C=O) groups excluding carboxylic acids is 1. The summed E-state index contributed by atoms with van der Waals surface area (Å²) >= 11 is 0. The lowest BCUT2D eigenvalue weighted by Gasteiger charge is -2.24. The molecule has 0 aliphatic carbocycles. The zero-order valence-corrected chi connectivity index (χ0v) is 21.6. The van der Waals surface area contributed by atoms with Crippen molar-refractivity contribution in [1.29, 1.82) is 0 Å². The Kier molecular flexibility index (Phi) is 6.50. The first-order valence-electron chi connectivity index (χ1n) is 12.2. The Balaban J connectivity index is 1.53. The van der Waals surface area contributed by atoms with Gasteiger partial charge in [0.25, 0.3) is 5.91 Å². The number of carbonyl (C=O) groups is 2. The summed E-state index contributed by atoms with van der Waals surface area (Å²) in [7, 11) is 3.38. The molecule has 1 aliphatic rings. The number of para-hydroxylation sites is 1. The minimum Gasteiger partial charge on any atom is -0.465 e. The maximum absolute atomic E-state index is 13.7. The number of amides is 2. The Morgan fingerprint density at radius 3 is 2.55 bits per heavy atom. The van der Waals surface area contributed by atoms with Crippen molar-refractivity contribution in [3.8, 4) is 17.2 Å². The number of fused-ring (bicyclic) bond motifs is 1. The van der Waals surface area contributed by atoms with Gasteiger partial charge < -0.3 is 14.9 Å². The van der Waals surface area contributed by atoms with Crippen molar-refractivity contribution in [2.75, 3.05) is 23.9 Å². The van der Waals surface area contributed by atoms with Gasteiger partial charge in [0.1, 0.15) is 23.7 Å². The molecule has 0 bridgehead atoms. The molecule has 194 valence electrons. The van der Waals surface area contributed by atoms with Crippen LogP contribution >= 0.6 is 0 Å². The van der Waals surface area contributed by atoms with Crippen molar-refractivity contribution in [3.63, 3.8) is 0 Å². The van der Waals surface area contributed by atoms with Crippen molar-refractivity contribution < 1.29 is 14.7 Å². The summed E-state index contributed by atoms with van der Waals surface area (Å²) in [6, 6.07) is 17.0. The van der Waals surface area contributed by atoms with Gasteiger partial charge in [-0.25, -0.2) is 14.8 Å². The number of benzene rings is 1. The van der Waals surface area contributed by atoms with Crippen LogP contribution in [-0.2, 0) is 13.1 Å². The second-order valence-electron chi connectivity index (χ2n) is 9.43. The molecule has 0 unspecified atom stereocenters. The van der Waals surface area contributed by atoms with Gasteiger partial charge in [0, 0.05) is 31.4 Å². The molecule has 3 aromatic heterocycles. The lowest BCUT2D eigenvalue weighted by atomic mass is 10.1. The van der Waals surface area contributed by atoms with E-state index in [9.17, 15) is 14.7 Å². The summed E-state index contributed by atoms with van der Waals surface area (Å²) in [5, 5.41) is 17.8. The van der Waals surface area contributed by atoms with Crippen LogP contribution in [0.4, 0.5) is 16.4 Å². The summed E-state index contributed by atoms with van der Waals surface area (Å²) in [4.78, 5) is 39.4. The molecular weight excluding hydrogens is 484 g/mol. The highest BCUT2D eigenvalue weighted by Gasteiger charge is 2.34. The largest absolute Gasteiger partial charge is 0.465 e. The van der Waals surface area contributed by atoms with Gasteiger partial charge >= 0.3 is 6.09 Å². The van der Waals surface area contributed by atoms with E-state index in [1.807, 2.05) is 72.8 Å². The summed E-state index contributed by atoms with van der Waals surface area (Å²) in [6.07, 6.45) is 0.556. The van der Waals surface area contributed by atoms with Crippen LogP contribution in [0.25, 0.3) is 17.2 Å². The fourth-order valence-corrected chi connectivity index (χ4v) is 4.29. The molecule has 0 spiro atoms. The number of anilines is 2. The van der Waals surface area contributed by atoms with E-state index >= 15 is 0 Å². The van der Waals surface area contributed by atoms with Crippen LogP contribution in [0, 0.1) is 0 Å². The number of pyridine rings is 2. The number of hydrogen-bond acceptors (Lipinski definition) is 7. The van der Waals surface area contributed by atoms with Gasteiger partial charge in [-0.1, -0.05) is 24.3 Å². The zero-order chi connectivity index (χ0) is 27.0. The number of nitrogens with zero attached hydrogens (tertiary/aromatic N) is 8. The van der Waals surface area contributed by atoms with Crippen molar-refractivity contribution in [2.45, 2.75) is 33.0 Å². The standard InChI is InChI=1S/C27H28N8O3/c1-17(2)33(4)24-13-19-20(22(30-24)15-32(3)27(37)38)14-34(26(19)36)23-12-8-11-21(29-23)25-31-28-16-35(25)18-9-6-5-7-10-18/h5-13,16-17H,14-15H2,1-4H3,(H,37,38). The summed E-state index contributed by atoms with van der Waals surface area (Å²) < 4.78 is 1.84. The van der Waals surface area contributed by atoms with Gasteiger partial charge in [-0.05, 0) is 44.2 Å². The molecule has 4 aromatic rings. The van der Waals surface area contributed by atoms with Crippen LogP contribution in [0.1, 0.15) is 35.5 Å². The molecule has 0 saturated heterocycles. The minimum atomic E-state index is -1.07. The Morgan fingerprint density at radius 1 is 1.08 bits per heavy atom. The van der Waals surface area contributed by atoms with Gasteiger partial charge in [0.15, 0.2) is 5.82 Å². The van der Waals surface area contributed by atoms with E-state index in [1.54, 1.807) is 23.4 Å². The van der Waals surface area contributed by atoms with E-state index in [2.05, 4.69) is 10.2 Å². The molecule has 1 aromatic carbocycles. The first kappa shape index (κ1) is 24.9. The van der Waals surface area contributed by atoms with Gasteiger partial charge in [-0.3, -0.25) is 14.3 Å². The van der Waals surface area contributed by atoms with E-state index in [0.29, 0.717) is 40.0 Å². The van der Waals surface area contributed by atoms with Crippen molar-refractivity contribution in [3.05, 3.63) is 77.7 Å². The van der Waals surface area contributed by atoms with E-state index in [-0.39, 0.29) is 25.0 Å². The second kappa shape index (κ2) is 9.92. The SMILES string of the molecule is CC(C)N(C)c1cc2c(c(CN(C)C(=O)O)n1)CN(c1cccc(-c3nncn3-c3ccccc3)n1)C2=O. The van der Waals surface area contributed by atoms with Crippen molar-refractivity contribution in [1.82, 2.24) is 29.6 Å². The zero-order valence-electron chi connectivity index (χ0n) is 21.6. The van der Waals surface area contributed by atoms with Gasteiger partial charge in [0.2, 0.25) is 0 Å². The molecular formula is C27H28N8O3. The molecule has 0 fully saturated rings. The summed E-state index contributed by atoms with van der Waals surface area (Å²) in [5.41, 5.74) is 3.20. The first-order valence-corrected chi connectivity index (χ1v) is 12.2. The summed E-state index contributed by atoms with van der Waals surface area (Å²) in [6.45, 7) is 4.34. The van der Waals surface area contributed by atoms with E-state index < -0.39 is 6.09 Å². The Morgan fingerprint density at radius 2 is 1.84 bits per heavy atom. The monoisotopic (exact) mass is 512 g/mol. The second-order valence-corrected chi connectivity index (χ2v) is 9.43. The van der Waals surface area contributed by atoms with Crippen LogP contribution < -0.4 is 9.80 Å². The third-order valence-corrected chi connectivity index (χ3v) is 6.66. The van der Waals surface area contributed by atoms with Crippen LogP contribution in [0.3, 0.4) is 0 Å². The molecule has 0 radical (unpaired) electrons. The molecule has 0 saturated carbocycles. The number of aromatic nitrogens is 5. The molecule has 2 amide bonds. The molecule has 11 nitrogen and oxygen atoms in total. The lowest BCUT2D eigenvalue weighted by molar-refractivity contribution is 0.0996. The van der Waals surface area contributed by atoms with Crippen LogP contribution in [0.15, 0.2) is 60.9 Å². The molecule has 0 atom stereocenters. The number of carboxylic acid groups (broad SMARTS) is 1. The molecule has 11 heteroatoms. The third kappa shape index (κ3) is 4.54. The predicted molar refractivity (Wildman–Crippen MR) is 142 cm³/mol. The average molecular weight is 513 g/mol. The predicted octanol–water partition coefficient (Wildman–Crippen LogP) is 3.84. The fraction of sp³-hybridized carbons (Fsp3) is 0.259. The van der Waals surface area contributed by atoms with E-state index in [1.165, 1.54) is 7.05 Å². The Labute approximate surface area is 220 Å². The van der Waals surface area contributed by atoms with Crippen molar-refractivity contribution in [2.24, 2.45) is 0 Å². The van der Waals surface area contributed by atoms with E-state index in [0.717, 1.165) is 10.6 Å². The Bertz CT molecular complexity index is 1500. The molecule has 5 rings (SSSR count). The van der Waals surface area contributed by atoms with E-state index in [4.69, 9.17) is 9.97 Å². The maximum atomic E-state index is 13.7. The van der Waals surface area contributed by atoms with Gasteiger partial charge in [-0.15, -0.1) is 10.2 Å². The number of hydrogen-bond donors (Lipinski definition) is 1. The quantitative estimate of drug-likeness (QED) is 0.397. The van der Waals surface area contributed by atoms with Gasteiger partial charge in [0.05, 0.1) is 24.3 Å². The maximum Gasteiger partial charge on any atom is 0.407 e. The topological polar surface area (TPSA) is 121 Å². The lowest BCUT2D eigenvalue weighted by Crippen LogP contribution is -2.29. The van der Waals surface area contributed by atoms with Gasteiger partial charge in [-0.2, -0.15) is 0 Å². The number of rotatable bonds is 7. The molecule has 4 heterocycles. The van der Waals surface area contributed by atoms with Crippen LogP contribution in [-0.4, -0.2) is 66.9 Å². The highest BCUT2D eigenvalue weighted by atomic mass is 16.4. The fourth-order valence-electron chi connectivity index (χ4n) is 4.29. The highest BCUT2D eigenvalue weighted by molar-refractivity contribution is 6.10. The normalized spacial score (nSPS) is 12.7. The van der Waals surface area contributed by atoms with Crippen molar-refractivity contribution >= 4 is 23.6 Å².